The number of hydrogen-bond donors (Lipinski definition) is 1. The van der Waals surface area contributed by atoms with Gasteiger partial charge in [0, 0.05) is 37.3 Å². The molecular formula is C21H23N3O6. The van der Waals surface area contributed by atoms with Crippen LogP contribution in [0.25, 0.3) is 0 Å². The zero-order valence-corrected chi connectivity index (χ0v) is 17.2. The Hall–Kier alpha value is -3.75. The van der Waals surface area contributed by atoms with E-state index >= 15 is 0 Å². The van der Waals surface area contributed by atoms with Crippen molar-refractivity contribution in [1.82, 2.24) is 0 Å². The predicted molar refractivity (Wildman–Crippen MR) is 112 cm³/mol. The first-order valence-electron chi connectivity index (χ1n) is 9.17. The van der Waals surface area contributed by atoms with Gasteiger partial charge in [-0.15, -0.1) is 0 Å². The number of amides is 1. The number of carbonyl (C=O) groups is 3. The molecule has 0 heterocycles. The molecule has 0 aliphatic heterocycles. The molecule has 2 aromatic rings. The van der Waals surface area contributed by atoms with Crippen LogP contribution in [0.1, 0.15) is 34.6 Å². The fourth-order valence-electron chi connectivity index (χ4n) is 2.50. The molecule has 30 heavy (non-hydrogen) atoms. The number of hydrogen-bond acceptors (Lipinski definition) is 7. The average molecular weight is 413 g/mol. The van der Waals surface area contributed by atoms with E-state index in [1.165, 1.54) is 24.3 Å². The van der Waals surface area contributed by atoms with Crippen molar-refractivity contribution in [3.63, 3.8) is 0 Å². The molecule has 0 fully saturated rings. The van der Waals surface area contributed by atoms with E-state index < -0.39 is 23.3 Å². The summed E-state index contributed by atoms with van der Waals surface area (Å²) in [6, 6.07) is 10.2. The summed E-state index contributed by atoms with van der Waals surface area (Å²) >= 11 is 0. The highest BCUT2D eigenvalue weighted by Gasteiger charge is 2.20. The van der Waals surface area contributed by atoms with E-state index in [-0.39, 0.29) is 23.1 Å². The molecule has 0 saturated heterocycles. The molecule has 0 bridgehead atoms. The number of ketones is 1. The summed E-state index contributed by atoms with van der Waals surface area (Å²) in [5.74, 6) is -1.59. The second-order valence-corrected chi connectivity index (χ2v) is 7.08. The highest BCUT2D eigenvalue weighted by atomic mass is 16.6. The number of nitrogens with zero attached hydrogens (tertiary/aromatic N) is 2. The zero-order valence-electron chi connectivity index (χ0n) is 17.2. The van der Waals surface area contributed by atoms with Gasteiger partial charge in [-0.25, -0.2) is 4.79 Å². The molecule has 2 rings (SSSR count). The number of carbonyl (C=O) groups excluding carboxylic acids is 3. The topological polar surface area (TPSA) is 119 Å². The lowest BCUT2D eigenvalue weighted by molar-refractivity contribution is -0.384. The van der Waals surface area contributed by atoms with Gasteiger partial charge in [-0.1, -0.05) is 13.8 Å². The summed E-state index contributed by atoms with van der Waals surface area (Å²) in [4.78, 5) is 48.4. The molecule has 0 aromatic heterocycles. The largest absolute Gasteiger partial charge is 0.454 e. The molecule has 0 saturated carbocycles. The normalized spacial score (nSPS) is 10.4. The van der Waals surface area contributed by atoms with Crippen molar-refractivity contribution in [3.8, 4) is 0 Å². The van der Waals surface area contributed by atoms with Crippen molar-refractivity contribution in [1.29, 1.82) is 0 Å². The fraction of sp³-hybridized carbons (Fsp3) is 0.286. The molecule has 0 aliphatic carbocycles. The van der Waals surface area contributed by atoms with E-state index in [0.29, 0.717) is 16.9 Å². The number of rotatable bonds is 8. The van der Waals surface area contributed by atoms with Crippen molar-refractivity contribution < 1.29 is 24.0 Å². The number of ether oxygens (including phenoxy) is 1. The summed E-state index contributed by atoms with van der Waals surface area (Å²) < 4.78 is 5.01. The quantitative estimate of drug-likeness (QED) is 0.305. The zero-order chi connectivity index (χ0) is 22.4. The monoisotopic (exact) mass is 413 g/mol. The van der Waals surface area contributed by atoms with Crippen LogP contribution in [-0.4, -0.2) is 43.3 Å². The summed E-state index contributed by atoms with van der Waals surface area (Å²) in [5, 5.41) is 13.9. The highest BCUT2D eigenvalue weighted by molar-refractivity contribution is 6.00. The van der Waals surface area contributed by atoms with Crippen LogP contribution in [0.5, 0.6) is 0 Å². The van der Waals surface area contributed by atoms with E-state index in [4.69, 9.17) is 4.74 Å². The fourth-order valence-corrected chi connectivity index (χ4v) is 2.50. The van der Waals surface area contributed by atoms with E-state index in [2.05, 4.69) is 5.32 Å². The Labute approximate surface area is 173 Å². The molecule has 0 radical (unpaired) electrons. The van der Waals surface area contributed by atoms with Crippen LogP contribution >= 0.6 is 0 Å². The number of nitro groups is 1. The SMILES string of the molecule is CC(C)C(=O)Nc1ccc(C(=O)COC(=O)c2ccc(N(C)C)c([N+](=O)[O-])c2)cc1. The third-order valence-electron chi connectivity index (χ3n) is 4.22. The van der Waals surface area contributed by atoms with Crippen LogP contribution in [0.3, 0.4) is 0 Å². The van der Waals surface area contributed by atoms with E-state index in [0.717, 1.165) is 6.07 Å². The van der Waals surface area contributed by atoms with Crippen molar-refractivity contribution in [2.45, 2.75) is 13.8 Å². The second-order valence-electron chi connectivity index (χ2n) is 7.08. The lowest BCUT2D eigenvalue weighted by atomic mass is 10.1. The summed E-state index contributed by atoms with van der Waals surface area (Å²) in [7, 11) is 3.30. The van der Waals surface area contributed by atoms with E-state index in [1.54, 1.807) is 45.0 Å². The summed E-state index contributed by atoms with van der Waals surface area (Å²) in [5.41, 5.74) is 0.943. The van der Waals surface area contributed by atoms with Gasteiger partial charge < -0.3 is 15.0 Å². The molecular weight excluding hydrogens is 390 g/mol. The van der Waals surface area contributed by atoms with Crippen LogP contribution in [0.4, 0.5) is 17.1 Å². The second kappa shape index (κ2) is 9.64. The van der Waals surface area contributed by atoms with E-state index in [9.17, 15) is 24.5 Å². The first-order chi connectivity index (χ1) is 14.1. The minimum Gasteiger partial charge on any atom is -0.454 e. The number of anilines is 2. The minimum absolute atomic E-state index is 0.0214. The molecule has 158 valence electrons. The Morgan fingerprint density at radius 3 is 2.20 bits per heavy atom. The predicted octanol–water partition coefficient (Wildman–Crippen LogP) is 3.30. The standard InChI is InChI=1S/C21H23N3O6/c1-13(2)20(26)22-16-8-5-14(6-9-16)19(25)12-30-21(27)15-7-10-17(23(3)4)18(11-15)24(28)29/h5-11,13H,12H2,1-4H3,(H,22,26). The van der Waals surface area contributed by atoms with Crippen LogP contribution in [0.2, 0.25) is 0 Å². The Balaban J connectivity index is 2.02. The van der Waals surface area contributed by atoms with Crippen LogP contribution in [-0.2, 0) is 9.53 Å². The first kappa shape index (κ1) is 22.5. The molecule has 9 nitrogen and oxygen atoms in total. The number of nitrogens with one attached hydrogen (secondary N) is 1. The lowest BCUT2D eigenvalue weighted by Gasteiger charge is -2.13. The van der Waals surface area contributed by atoms with Gasteiger partial charge in [0.05, 0.1) is 10.5 Å². The van der Waals surface area contributed by atoms with Crippen LogP contribution < -0.4 is 10.2 Å². The number of benzene rings is 2. The van der Waals surface area contributed by atoms with Crippen molar-refractivity contribution >= 4 is 34.7 Å². The summed E-state index contributed by atoms with van der Waals surface area (Å²) in [6.07, 6.45) is 0. The number of Topliss-reactive ketones (excluding diaryl/α,β-unsaturated/α-hetero) is 1. The van der Waals surface area contributed by atoms with Gasteiger partial charge in [0.15, 0.2) is 12.4 Å². The highest BCUT2D eigenvalue weighted by Crippen LogP contribution is 2.28. The van der Waals surface area contributed by atoms with Crippen molar-refractivity contribution in [2.75, 3.05) is 30.9 Å². The molecule has 0 atom stereocenters. The first-order valence-corrected chi connectivity index (χ1v) is 9.17. The smallest absolute Gasteiger partial charge is 0.338 e. The van der Waals surface area contributed by atoms with Gasteiger partial charge in [0.2, 0.25) is 5.91 Å². The average Bonchev–Trinajstić information content (AvgIpc) is 2.71. The lowest BCUT2D eigenvalue weighted by Crippen LogP contribution is -2.18. The molecule has 1 amide bonds. The van der Waals surface area contributed by atoms with Gasteiger partial charge in [0.25, 0.3) is 5.69 Å². The van der Waals surface area contributed by atoms with Gasteiger partial charge in [-0.3, -0.25) is 19.7 Å². The maximum absolute atomic E-state index is 12.3. The Morgan fingerprint density at radius 1 is 1.07 bits per heavy atom. The third kappa shape index (κ3) is 5.63. The Morgan fingerprint density at radius 2 is 1.67 bits per heavy atom. The van der Waals surface area contributed by atoms with Crippen LogP contribution in [0.15, 0.2) is 42.5 Å². The Bertz CT molecular complexity index is 967. The Kier molecular flexibility index (Phi) is 7.24. The van der Waals surface area contributed by atoms with Crippen molar-refractivity contribution in [2.24, 2.45) is 5.92 Å². The minimum atomic E-state index is -0.836. The molecule has 2 aromatic carbocycles. The third-order valence-corrected chi connectivity index (χ3v) is 4.22. The van der Waals surface area contributed by atoms with E-state index in [1.807, 2.05) is 0 Å². The molecule has 1 N–H and O–H groups in total. The molecule has 0 spiro atoms. The van der Waals surface area contributed by atoms with Gasteiger partial charge in [-0.2, -0.15) is 0 Å². The van der Waals surface area contributed by atoms with Gasteiger partial charge in [0.1, 0.15) is 5.69 Å². The van der Waals surface area contributed by atoms with Gasteiger partial charge in [-0.05, 0) is 36.4 Å². The van der Waals surface area contributed by atoms with Gasteiger partial charge >= 0.3 is 5.97 Å². The van der Waals surface area contributed by atoms with Crippen LogP contribution in [0, 0.1) is 16.0 Å². The maximum Gasteiger partial charge on any atom is 0.338 e. The summed E-state index contributed by atoms with van der Waals surface area (Å²) in [6.45, 7) is 3.02. The molecule has 0 unspecified atom stereocenters. The molecule has 0 aliphatic rings. The number of esters is 1. The number of nitro benzene ring substituents is 1. The maximum atomic E-state index is 12.3. The van der Waals surface area contributed by atoms with Crippen molar-refractivity contribution in [3.05, 3.63) is 63.7 Å². The molecule has 9 heteroatoms.